The van der Waals surface area contributed by atoms with Crippen molar-refractivity contribution in [2.75, 3.05) is 19.7 Å². The fourth-order valence-electron chi connectivity index (χ4n) is 2.56. The van der Waals surface area contributed by atoms with E-state index in [9.17, 15) is 9.90 Å². The van der Waals surface area contributed by atoms with Crippen LogP contribution in [0.25, 0.3) is 5.82 Å². The first kappa shape index (κ1) is 13.7. The molecule has 2 aromatic rings. The van der Waals surface area contributed by atoms with Gasteiger partial charge in [0.2, 0.25) is 0 Å². The summed E-state index contributed by atoms with van der Waals surface area (Å²) in [5.41, 5.74) is 0.553. The van der Waals surface area contributed by atoms with Gasteiger partial charge in [-0.15, -0.1) is 0 Å². The van der Waals surface area contributed by atoms with Crippen molar-refractivity contribution in [3.8, 4) is 5.82 Å². The predicted molar refractivity (Wildman–Crippen MR) is 74.9 cm³/mol. The minimum atomic E-state index is -0.0363. The van der Waals surface area contributed by atoms with Crippen LogP contribution in [0.3, 0.4) is 0 Å². The molecule has 1 amide bonds. The molecule has 3 rings (SSSR count). The molecule has 1 atom stereocenters. The van der Waals surface area contributed by atoms with E-state index >= 15 is 0 Å². The van der Waals surface area contributed by atoms with Gasteiger partial charge in [0.1, 0.15) is 12.7 Å². The summed E-state index contributed by atoms with van der Waals surface area (Å²) < 4.78 is 1.54. The van der Waals surface area contributed by atoms with Crippen molar-refractivity contribution in [2.24, 2.45) is 5.92 Å². The third-order valence-corrected chi connectivity index (χ3v) is 3.71. The average Bonchev–Trinajstić information content (AvgIpc) is 3.09. The van der Waals surface area contributed by atoms with Crippen molar-refractivity contribution in [2.45, 2.75) is 12.8 Å². The van der Waals surface area contributed by atoms with Crippen molar-refractivity contribution in [3.05, 3.63) is 36.5 Å². The van der Waals surface area contributed by atoms with Crippen LogP contribution in [0.4, 0.5) is 0 Å². The highest BCUT2D eigenvalue weighted by atomic mass is 16.3. The molecule has 1 N–H and O–H groups in total. The number of amides is 1. The molecule has 0 bridgehead atoms. The highest BCUT2D eigenvalue weighted by Gasteiger charge is 2.24. The Hall–Kier alpha value is -2.28. The highest BCUT2D eigenvalue weighted by Crippen LogP contribution is 2.18. The fourth-order valence-corrected chi connectivity index (χ4v) is 2.56. The van der Waals surface area contributed by atoms with Gasteiger partial charge in [-0.1, -0.05) is 0 Å². The quantitative estimate of drug-likeness (QED) is 0.889. The maximum absolute atomic E-state index is 12.4. The lowest BCUT2D eigenvalue weighted by Gasteiger charge is -2.31. The van der Waals surface area contributed by atoms with Crippen molar-refractivity contribution >= 4 is 5.91 Å². The van der Waals surface area contributed by atoms with E-state index in [1.807, 2.05) is 0 Å². The largest absolute Gasteiger partial charge is 0.396 e. The molecule has 2 aromatic heterocycles. The summed E-state index contributed by atoms with van der Waals surface area (Å²) in [6.07, 6.45) is 6.46. The van der Waals surface area contributed by atoms with E-state index in [-0.39, 0.29) is 18.4 Å². The SMILES string of the molecule is O=C(c1ccc(-n2cncn2)nc1)N1CCCC(CO)C1. The van der Waals surface area contributed by atoms with E-state index in [0.717, 1.165) is 19.4 Å². The molecule has 3 heterocycles. The van der Waals surface area contributed by atoms with E-state index < -0.39 is 0 Å². The Bertz CT molecular complexity index is 596. The fraction of sp³-hybridized carbons (Fsp3) is 0.429. The van der Waals surface area contributed by atoms with Crippen LogP contribution in [-0.2, 0) is 0 Å². The average molecular weight is 287 g/mol. The number of aliphatic hydroxyl groups is 1. The maximum Gasteiger partial charge on any atom is 0.255 e. The molecule has 7 heteroatoms. The summed E-state index contributed by atoms with van der Waals surface area (Å²) in [6.45, 7) is 1.48. The van der Waals surface area contributed by atoms with Crippen LogP contribution < -0.4 is 0 Å². The topological polar surface area (TPSA) is 84.1 Å². The Labute approximate surface area is 122 Å². The molecule has 0 aromatic carbocycles. The second kappa shape index (κ2) is 6.01. The van der Waals surface area contributed by atoms with Gasteiger partial charge in [0.25, 0.3) is 5.91 Å². The zero-order valence-electron chi connectivity index (χ0n) is 11.6. The number of likely N-dealkylation sites (tertiary alicyclic amines) is 1. The summed E-state index contributed by atoms with van der Waals surface area (Å²) in [4.78, 5) is 22.3. The van der Waals surface area contributed by atoms with E-state index in [1.54, 1.807) is 29.6 Å². The van der Waals surface area contributed by atoms with E-state index in [2.05, 4.69) is 15.1 Å². The minimum absolute atomic E-state index is 0.0363. The van der Waals surface area contributed by atoms with Gasteiger partial charge in [0.15, 0.2) is 5.82 Å². The number of carbonyl (C=O) groups excluding carboxylic acids is 1. The summed E-state index contributed by atoms with van der Waals surface area (Å²) in [5.74, 6) is 0.770. The zero-order valence-corrected chi connectivity index (χ0v) is 11.6. The molecule has 1 aliphatic rings. The number of aliphatic hydroxyl groups excluding tert-OH is 1. The van der Waals surface area contributed by atoms with Crippen LogP contribution in [0.1, 0.15) is 23.2 Å². The smallest absolute Gasteiger partial charge is 0.255 e. The zero-order chi connectivity index (χ0) is 14.7. The molecule has 1 aliphatic heterocycles. The van der Waals surface area contributed by atoms with Crippen LogP contribution in [0, 0.1) is 5.92 Å². The third-order valence-electron chi connectivity index (χ3n) is 3.71. The van der Waals surface area contributed by atoms with Crippen LogP contribution in [0.5, 0.6) is 0 Å². The first-order valence-corrected chi connectivity index (χ1v) is 6.99. The highest BCUT2D eigenvalue weighted by molar-refractivity contribution is 5.94. The van der Waals surface area contributed by atoms with Crippen LogP contribution in [0.2, 0.25) is 0 Å². The molecule has 0 aliphatic carbocycles. The summed E-state index contributed by atoms with van der Waals surface area (Å²) in [7, 11) is 0. The summed E-state index contributed by atoms with van der Waals surface area (Å²) >= 11 is 0. The molecule has 21 heavy (non-hydrogen) atoms. The van der Waals surface area contributed by atoms with E-state index in [1.165, 1.54) is 11.0 Å². The molecule has 1 unspecified atom stereocenters. The van der Waals surface area contributed by atoms with Crippen LogP contribution in [0.15, 0.2) is 31.0 Å². The molecular weight excluding hydrogens is 270 g/mol. The molecular formula is C14H17N5O2. The van der Waals surface area contributed by atoms with Gasteiger partial charge in [-0.2, -0.15) is 5.10 Å². The van der Waals surface area contributed by atoms with Crippen LogP contribution in [-0.4, -0.2) is 55.4 Å². The number of carbonyl (C=O) groups is 1. The molecule has 0 saturated carbocycles. The van der Waals surface area contributed by atoms with E-state index in [0.29, 0.717) is 17.9 Å². The van der Waals surface area contributed by atoms with Gasteiger partial charge in [-0.05, 0) is 30.9 Å². The number of aromatic nitrogens is 4. The number of rotatable bonds is 3. The van der Waals surface area contributed by atoms with Crippen molar-refractivity contribution in [1.82, 2.24) is 24.6 Å². The monoisotopic (exact) mass is 287 g/mol. The Balaban J connectivity index is 1.73. The van der Waals surface area contributed by atoms with Crippen molar-refractivity contribution < 1.29 is 9.90 Å². The lowest BCUT2D eigenvalue weighted by molar-refractivity contribution is 0.0620. The second-order valence-corrected chi connectivity index (χ2v) is 5.19. The number of nitrogens with zero attached hydrogens (tertiary/aromatic N) is 5. The number of hydrogen-bond donors (Lipinski definition) is 1. The number of piperidine rings is 1. The third kappa shape index (κ3) is 2.92. The van der Waals surface area contributed by atoms with Crippen LogP contribution >= 0.6 is 0 Å². The van der Waals surface area contributed by atoms with Crippen molar-refractivity contribution in [1.29, 1.82) is 0 Å². The standard InChI is InChI=1S/C14H17N5O2/c20-8-11-2-1-5-18(7-11)14(21)12-3-4-13(16-6-12)19-10-15-9-17-19/h3-4,6,9-11,20H,1-2,5,7-8H2. The first-order valence-electron chi connectivity index (χ1n) is 6.99. The molecule has 1 fully saturated rings. The number of hydrogen-bond acceptors (Lipinski definition) is 5. The van der Waals surface area contributed by atoms with Gasteiger partial charge in [-0.25, -0.2) is 14.6 Å². The van der Waals surface area contributed by atoms with Gasteiger partial charge in [0, 0.05) is 25.9 Å². The molecule has 1 saturated heterocycles. The Morgan fingerprint density at radius 1 is 1.43 bits per heavy atom. The molecule has 0 spiro atoms. The van der Waals surface area contributed by atoms with Gasteiger partial charge < -0.3 is 10.0 Å². The first-order chi connectivity index (χ1) is 10.3. The Morgan fingerprint density at radius 2 is 2.33 bits per heavy atom. The van der Waals surface area contributed by atoms with E-state index in [4.69, 9.17) is 0 Å². The summed E-state index contributed by atoms with van der Waals surface area (Å²) in [6, 6.07) is 3.49. The second-order valence-electron chi connectivity index (χ2n) is 5.19. The number of pyridine rings is 1. The molecule has 110 valence electrons. The summed E-state index contributed by atoms with van der Waals surface area (Å²) in [5, 5.41) is 13.2. The van der Waals surface area contributed by atoms with Crippen molar-refractivity contribution in [3.63, 3.8) is 0 Å². The Morgan fingerprint density at radius 3 is 3.00 bits per heavy atom. The van der Waals surface area contributed by atoms with Gasteiger partial charge in [0.05, 0.1) is 5.56 Å². The lowest BCUT2D eigenvalue weighted by Crippen LogP contribution is -2.41. The molecule has 0 radical (unpaired) electrons. The maximum atomic E-state index is 12.4. The van der Waals surface area contributed by atoms with Gasteiger partial charge in [-0.3, -0.25) is 4.79 Å². The normalized spacial score (nSPS) is 18.7. The minimum Gasteiger partial charge on any atom is -0.396 e. The Kier molecular flexibility index (Phi) is 3.92. The molecule has 7 nitrogen and oxygen atoms in total. The predicted octanol–water partition coefficient (Wildman–Crippen LogP) is 0.507. The van der Waals surface area contributed by atoms with Gasteiger partial charge >= 0.3 is 0 Å². The lowest BCUT2D eigenvalue weighted by atomic mass is 9.98.